The maximum atomic E-state index is 10.6. The monoisotopic (exact) mass is 192 g/mol. The van der Waals surface area contributed by atoms with E-state index in [4.69, 9.17) is 5.11 Å². The highest BCUT2D eigenvalue weighted by molar-refractivity contribution is 5.85. The van der Waals surface area contributed by atoms with E-state index in [0.29, 0.717) is 11.7 Å². The number of aromatic amines is 1. The Kier molecular flexibility index (Phi) is 1.26. The minimum absolute atomic E-state index is 0.0195. The Labute approximate surface area is 78.6 Å². The van der Waals surface area contributed by atoms with Crippen molar-refractivity contribution in [1.82, 2.24) is 19.6 Å². The van der Waals surface area contributed by atoms with Gasteiger partial charge in [-0.1, -0.05) is 0 Å². The lowest BCUT2D eigenvalue weighted by Gasteiger charge is -1.86. The number of carboxylic acid groups (broad SMARTS) is 1. The molecule has 0 spiro atoms. The molecule has 0 amide bonds. The molecule has 0 radical (unpaired) electrons. The van der Waals surface area contributed by atoms with Gasteiger partial charge < -0.3 is 5.11 Å². The van der Waals surface area contributed by atoms with Crippen LogP contribution in [0.25, 0.3) is 5.78 Å². The van der Waals surface area contributed by atoms with Crippen molar-refractivity contribution >= 4 is 11.7 Å². The third kappa shape index (κ3) is 1.00. The first-order valence-electron chi connectivity index (χ1n) is 4.42. The molecule has 2 aromatic heterocycles. The van der Waals surface area contributed by atoms with Gasteiger partial charge in [0.25, 0.3) is 5.78 Å². The summed E-state index contributed by atoms with van der Waals surface area (Å²) < 4.78 is 1.55. The van der Waals surface area contributed by atoms with Crippen molar-refractivity contribution in [2.24, 2.45) is 0 Å². The Morgan fingerprint density at radius 2 is 2.36 bits per heavy atom. The largest absolute Gasteiger partial charge is 0.476 e. The van der Waals surface area contributed by atoms with E-state index in [9.17, 15) is 4.79 Å². The molecule has 0 unspecified atom stereocenters. The van der Waals surface area contributed by atoms with Crippen LogP contribution in [-0.4, -0.2) is 30.7 Å². The van der Waals surface area contributed by atoms with Crippen molar-refractivity contribution in [1.29, 1.82) is 0 Å². The lowest BCUT2D eigenvalue weighted by atomic mass is 10.4. The summed E-state index contributed by atoms with van der Waals surface area (Å²) in [5.74, 6) is 0.829. The van der Waals surface area contributed by atoms with Gasteiger partial charge in [0, 0.05) is 5.92 Å². The average molecular weight is 192 g/mol. The van der Waals surface area contributed by atoms with Crippen LogP contribution in [0.2, 0.25) is 0 Å². The third-order valence-electron chi connectivity index (χ3n) is 2.33. The molecule has 2 N–H and O–H groups in total. The minimum atomic E-state index is -1.03. The predicted octanol–water partition coefficient (Wildman–Crippen LogP) is 0.633. The van der Waals surface area contributed by atoms with Crippen LogP contribution in [-0.2, 0) is 0 Å². The quantitative estimate of drug-likeness (QED) is 0.731. The summed E-state index contributed by atoms with van der Waals surface area (Å²) in [5.41, 5.74) is 0.0195. The molecule has 2 heterocycles. The summed E-state index contributed by atoms with van der Waals surface area (Å²) in [6.07, 6.45) is 3.75. The van der Waals surface area contributed by atoms with E-state index in [2.05, 4.69) is 15.1 Å². The van der Waals surface area contributed by atoms with Gasteiger partial charge in [0.1, 0.15) is 5.82 Å². The van der Waals surface area contributed by atoms with Crippen molar-refractivity contribution in [2.75, 3.05) is 0 Å². The van der Waals surface area contributed by atoms with Crippen LogP contribution in [0, 0.1) is 0 Å². The molecule has 1 aliphatic carbocycles. The molecule has 0 saturated heterocycles. The molecule has 0 atom stereocenters. The fraction of sp³-hybridized carbons (Fsp3) is 0.375. The van der Waals surface area contributed by atoms with E-state index in [0.717, 1.165) is 18.7 Å². The maximum absolute atomic E-state index is 10.6. The summed E-state index contributed by atoms with van der Waals surface area (Å²) in [7, 11) is 0. The van der Waals surface area contributed by atoms with Crippen LogP contribution in [0.4, 0.5) is 0 Å². The van der Waals surface area contributed by atoms with Crippen molar-refractivity contribution in [2.45, 2.75) is 18.8 Å². The molecule has 6 heteroatoms. The molecule has 14 heavy (non-hydrogen) atoms. The van der Waals surface area contributed by atoms with E-state index in [-0.39, 0.29) is 5.69 Å². The normalized spacial score (nSPS) is 16.3. The van der Waals surface area contributed by atoms with Crippen molar-refractivity contribution < 1.29 is 9.90 Å². The highest BCUT2D eigenvalue weighted by Gasteiger charge is 2.27. The molecule has 2 aromatic rings. The number of hydrogen-bond donors (Lipinski definition) is 2. The van der Waals surface area contributed by atoms with Crippen LogP contribution < -0.4 is 0 Å². The van der Waals surface area contributed by atoms with Crippen LogP contribution in [0.5, 0.6) is 0 Å². The lowest BCUT2D eigenvalue weighted by Crippen LogP contribution is -1.96. The fourth-order valence-electron chi connectivity index (χ4n) is 1.43. The number of nitrogens with zero attached hydrogens (tertiary/aromatic N) is 3. The number of carbonyl (C=O) groups is 1. The molecular formula is C8H8N4O2. The average Bonchev–Trinajstić information content (AvgIpc) is 2.76. The number of imidazole rings is 1. The van der Waals surface area contributed by atoms with Gasteiger partial charge in [0.2, 0.25) is 0 Å². The van der Waals surface area contributed by atoms with Crippen LogP contribution >= 0.6 is 0 Å². The molecule has 1 fully saturated rings. The molecule has 72 valence electrons. The standard InChI is InChI=1S/C8H8N4O2/c13-7(14)5-3-12-8(9-5)10-6(11-12)4-1-2-4/h3-4H,1-2H2,(H,13,14)(H,9,10,11). The van der Waals surface area contributed by atoms with Crippen LogP contribution in [0.15, 0.2) is 6.20 Å². The number of aromatic carboxylic acids is 1. The first-order chi connectivity index (χ1) is 6.74. The smallest absolute Gasteiger partial charge is 0.356 e. The molecule has 1 aliphatic rings. The van der Waals surface area contributed by atoms with Crippen molar-refractivity contribution in [3.63, 3.8) is 0 Å². The SMILES string of the molecule is O=C(O)c1cn2[nH]c(C3CC3)nc2n1. The van der Waals surface area contributed by atoms with Gasteiger partial charge in [0.15, 0.2) is 5.69 Å². The number of carboxylic acids is 1. The minimum Gasteiger partial charge on any atom is -0.476 e. The second kappa shape index (κ2) is 2.34. The Morgan fingerprint density at radius 3 is 2.93 bits per heavy atom. The van der Waals surface area contributed by atoms with Gasteiger partial charge >= 0.3 is 5.97 Å². The fourth-order valence-corrected chi connectivity index (χ4v) is 1.43. The summed E-state index contributed by atoms with van der Waals surface area (Å²) in [6.45, 7) is 0. The highest BCUT2D eigenvalue weighted by atomic mass is 16.4. The van der Waals surface area contributed by atoms with Gasteiger partial charge in [-0.05, 0) is 12.8 Å². The molecule has 1 saturated carbocycles. The topological polar surface area (TPSA) is 83.3 Å². The first kappa shape index (κ1) is 7.54. The lowest BCUT2D eigenvalue weighted by molar-refractivity contribution is 0.0691. The molecule has 0 aromatic carbocycles. The Balaban J connectivity index is 2.09. The molecule has 6 nitrogen and oxygen atoms in total. The van der Waals surface area contributed by atoms with Crippen molar-refractivity contribution in [3.8, 4) is 0 Å². The summed E-state index contributed by atoms with van der Waals surface area (Å²) in [6, 6.07) is 0. The van der Waals surface area contributed by atoms with Crippen LogP contribution in [0.1, 0.15) is 35.1 Å². The van der Waals surface area contributed by atoms with Gasteiger partial charge in [-0.2, -0.15) is 4.98 Å². The van der Waals surface area contributed by atoms with E-state index in [1.54, 1.807) is 4.52 Å². The summed E-state index contributed by atoms with van der Waals surface area (Å²) >= 11 is 0. The zero-order valence-electron chi connectivity index (χ0n) is 7.27. The number of rotatable bonds is 2. The number of hydrogen-bond acceptors (Lipinski definition) is 3. The predicted molar refractivity (Wildman–Crippen MR) is 46.3 cm³/mol. The molecular weight excluding hydrogens is 184 g/mol. The Hall–Kier alpha value is -1.85. The van der Waals surface area contributed by atoms with Gasteiger partial charge in [0.05, 0.1) is 6.20 Å². The van der Waals surface area contributed by atoms with Gasteiger partial charge in [-0.25, -0.2) is 14.3 Å². The molecule has 0 bridgehead atoms. The summed E-state index contributed by atoms with van der Waals surface area (Å²) in [5, 5.41) is 11.7. The highest BCUT2D eigenvalue weighted by Crippen LogP contribution is 2.38. The van der Waals surface area contributed by atoms with E-state index >= 15 is 0 Å². The number of H-pyrrole nitrogens is 1. The number of aromatic nitrogens is 4. The third-order valence-corrected chi connectivity index (χ3v) is 2.33. The van der Waals surface area contributed by atoms with E-state index in [1.807, 2.05) is 0 Å². The first-order valence-corrected chi connectivity index (χ1v) is 4.42. The molecule has 3 rings (SSSR count). The van der Waals surface area contributed by atoms with E-state index < -0.39 is 5.97 Å². The van der Waals surface area contributed by atoms with E-state index in [1.165, 1.54) is 6.20 Å². The zero-order chi connectivity index (χ0) is 9.71. The van der Waals surface area contributed by atoms with Crippen LogP contribution in [0.3, 0.4) is 0 Å². The maximum Gasteiger partial charge on any atom is 0.356 e. The second-order valence-corrected chi connectivity index (χ2v) is 3.48. The number of fused-ring (bicyclic) bond motifs is 1. The number of nitrogens with one attached hydrogen (secondary N) is 1. The second-order valence-electron chi connectivity index (χ2n) is 3.48. The Bertz CT molecular complexity index is 477. The van der Waals surface area contributed by atoms with Gasteiger partial charge in [-0.15, -0.1) is 0 Å². The van der Waals surface area contributed by atoms with Crippen molar-refractivity contribution in [3.05, 3.63) is 17.7 Å². The summed E-state index contributed by atoms with van der Waals surface area (Å²) in [4.78, 5) is 18.7. The van der Waals surface area contributed by atoms with Gasteiger partial charge in [-0.3, -0.25) is 5.10 Å². The Morgan fingerprint density at radius 1 is 1.57 bits per heavy atom. The molecule has 0 aliphatic heterocycles. The zero-order valence-corrected chi connectivity index (χ0v) is 7.27.